The van der Waals surface area contributed by atoms with Gasteiger partial charge in [-0.15, -0.1) is 0 Å². The maximum Gasteiger partial charge on any atom is 0.0701 e. The summed E-state index contributed by atoms with van der Waals surface area (Å²) >= 11 is 0. The Labute approximate surface area is 111 Å². The molecule has 0 bridgehead atoms. The van der Waals surface area contributed by atoms with E-state index < -0.39 is 0 Å². The summed E-state index contributed by atoms with van der Waals surface area (Å²) in [5.74, 6) is 1.70. The molecule has 0 atom stereocenters. The third-order valence-electron chi connectivity index (χ3n) is 3.07. The van der Waals surface area contributed by atoms with E-state index in [1.54, 1.807) is 0 Å². The second kappa shape index (κ2) is 7.65. The van der Waals surface area contributed by atoms with Crippen molar-refractivity contribution in [3.05, 3.63) is 54.7 Å². The lowest BCUT2D eigenvalue weighted by atomic mass is 10.0. The molecule has 18 heavy (non-hydrogen) atoms. The predicted octanol–water partition coefficient (Wildman–Crippen LogP) is 5.05. The topological polar surface area (TPSA) is 12.9 Å². The molecule has 0 fully saturated rings. The van der Waals surface area contributed by atoms with Gasteiger partial charge >= 0.3 is 0 Å². The van der Waals surface area contributed by atoms with E-state index in [0.717, 1.165) is 23.1 Å². The molecule has 0 aliphatic carbocycles. The molecule has 2 aromatic rings. The Hall–Kier alpha value is -1.63. The Morgan fingerprint density at radius 1 is 0.722 bits per heavy atom. The van der Waals surface area contributed by atoms with Gasteiger partial charge in [-0.05, 0) is 24.0 Å². The van der Waals surface area contributed by atoms with Crippen LogP contribution >= 0.6 is 0 Å². The summed E-state index contributed by atoms with van der Waals surface area (Å²) in [7, 11) is 0. The van der Waals surface area contributed by atoms with Crippen molar-refractivity contribution in [3.63, 3.8) is 0 Å². The Bertz CT molecular complexity index is 374. The van der Waals surface area contributed by atoms with Crippen LogP contribution in [0.4, 0.5) is 0 Å². The van der Waals surface area contributed by atoms with Crippen molar-refractivity contribution in [3.8, 4) is 11.3 Å². The zero-order valence-corrected chi connectivity index (χ0v) is 11.8. The Morgan fingerprint density at radius 3 is 1.72 bits per heavy atom. The molecule has 96 valence electrons. The van der Waals surface area contributed by atoms with Crippen molar-refractivity contribution in [2.75, 3.05) is 0 Å². The van der Waals surface area contributed by atoms with E-state index in [1.807, 2.05) is 42.6 Å². The van der Waals surface area contributed by atoms with E-state index in [2.05, 4.69) is 44.8 Å². The minimum Gasteiger partial charge on any atom is -0.256 e. The second-order valence-electron chi connectivity index (χ2n) is 5.07. The van der Waals surface area contributed by atoms with Crippen LogP contribution in [0.15, 0.2) is 54.7 Å². The molecule has 1 nitrogen and oxygen atoms in total. The average Bonchev–Trinajstić information content (AvgIpc) is 2.41. The number of aromatic nitrogens is 1. The van der Waals surface area contributed by atoms with Crippen LogP contribution in [0.2, 0.25) is 0 Å². The van der Waals surface area contributed by atoms with Crippen LogP contribution in [-0.4, -0.2) is 4.98 Å². The van der Waals surface area contributed by atoms with E-state index in [-0.39, 0.29) is 0 Å². The standard InChI is InChI=1S/C11H9N.C6H14/c1-2-6-10(7-3-1)11-8-4-5-9-12-11;1-5(2)6(3)4/h1-9H;5-6H,1-4H3. The highest BCUT2D eigenvalue weighted by atomic mass is 14.7. The molecule has 0 radical (unpaired) electrons. The second-order valence-corrected chi connectivity index (χ2v) is 5.07. The number of pyridine rings is 1. The smallest absolute Gasteiger partial charge is 0.0701 e. The zero-order valence-electron chi connectivity index (χ0n) is 11.8. The van der Waals surface area contributed by atoms with Gasteiger partial charge in [-0.1, -0.05) is 64.1 Å². The summed E-state index contributed by atoms with van der Waals surface area (Å²) in [5, 5.41) is 0. The van der Waals surface area contributed by atoms with Crippen LogP contribution in [0.25, 0.3) is 11.3 Å². The van der Waals surface area contributed by atoms with Gasteiger partial charge in [0, 0.05) is 11.8 Å². The highest BCUT2D eigenvalue weighted by Crippen LogP contribution is 2.14. The van der Waals surface area contributed by atoms with E-state index in [1.165, 1.54) is 0 Å². The lowest BCUT2D eigenvalue weighted by Crippen LogP contribution is -1.95. The zero-order chi connectivity index (χ0) is 13.4. The lowest BCUT2D eigenvalue weighted by Gasteiger charge is -2.05. The van der Waals surface area contributed by atoms with Crippen LogP contribution in [0.5, 0.6) is 0 Å². The van der Waals surface area contributed by atoms with E-state index in [9.17, 15) is 0 Å². The highest BCUT2D eigenvalue weighted by molar-refractivity contribution is 5.58. The molecule has 1 heterocycles. The summed E-state index contributed by atoms with van der Waals surface area (Å²) in [6.45, 7) is 8.96. The Balaban J connectivity index is 0.000000232. The van der Waals surface area contributed by atoms with Gasteiger partial charge in [0.2, 0.25) is 0 Å². The van der Waals surface area contributed by atoms with Gasteiger partial charge in [0.25, 0.3) is 0 Å². The molecule has 0 aliphatic rings. The van der Waals surface area contributed by atoms with Crippen molar-refractivity contribution in [1.29, 1.82) is 0 Å². The number of hydrogen-bond acceptors (Lipinski definition) is 1. The number of nitrogens with zero attached hydrogens (tertiary/aromatic N) is 1. The van der Waals surface area contributed by atoms with Gasteiger partial charge in [0.15, 0.2) is 0 Å². The first kappa shape index (κ1) is 14.4. The van der Waals surface area contributed by atoms with Crippen LogP contribution in [0, 0.1) is 11.8 Å². The van der Waals surface area contributed by atoms with Crippen molar-refractivity contribution in [2.45, 2.75) is 27.7 Å². The van der Waals surface area contributed by atoms with E-state index in [0.29, 0.717) is 0 Å². The van der Waals surface area contributed by atoms with Crippen LogP contribution in [0.1, 0.15) is 27.7 Å². The fourth-order valence-electron chi connectivity index (χ4n) is 1.14. The highest BCUT2D eigenvalue weighted by Gasteiger charge is 1.95. The lowest BCUT2D eigenvalue weighted by molar-refractivity contribution is 0.457. The van der Waals surface area contributed by atoms with Crippen molar-refractivity contribution in [2.24, 2.45) is 11.8 Å². The normalized spacial score (nSPS) is 10.1. The summed E-state index contributed by atoms with van der Waals surface area (Å²) in [4.78, 5) is 4.25. The molecule has 0 saturated carbocycles. The fraction of sp³-hybridized carbons (Fsp3) is 0.353. The predicted molar refractivity (Wildman–Crippen MR) is 79.3 cm³/mol. The van der Waals surface area contributed by atoms with Crippen LogP contribution < -0.4 is 0 Å². The summed E-state index contributed by atoms with van der Waals surface area (Å²) in [5.41, 5.74) is 2.19. The maximum absolute atomic E-state index is 4.25. The monoisotopic (exact) mass is 241 g/mol. The first-order chi connectivity index (χ1) is 8.61. The number of hydrogen-bond donors (Lipinski definition) is 0. The molecule has 1 aromatic heterocycles. The molecule has 1 aromatic carbocycles. The van der Waals surface area contributed by atoms with E-state index >= 15 is 0 Å². The first-order valence-electron chi connectivity index (χ1n) is 6.57. The van der Waals surface area contributed by atoms with Gasteiger partial charge in [-0.3, -0.25) is 4.98 Å². The van der Waals surface area contributed by atoms with E-state index in [4.69, 9.17) is 0 Å². The maximum atomic E-state index is 4.25. The molecule has 2 rings (SSSR count). The molecule has 0 aliphatic heterocycles. The third-order valence-corrected chi connectivity index (χ3v) is 3.07. The molecule has 0 spiro atoms. The summed E-state index contributed by atoms with van der Waals surface area (Å²) in [6, 6.07) is 16.1. The molecule has 0 saturated heterocycles. The van der Waals surface area contributed by atoms with Crippen molar-refractivity contribution < 1.29 is 0 Å². The van der Waals surface area contributed by atoms with Crippen LogP contribution in [-0.2, 0) is 0 Å². The molecular weight excluding hydrogens is 218 g/mol. The third kappa shape index (κ3) is 5.13. The Morgan fingerprint density at radius 2 is 1.28 bits per heavy atom. The average molecular weight is 241 g/mol. The minimum absolute atomic E-state index is 0.852. The molecule has 0 amide bonds. The van der Waals surface area contributed by atoms with Crippen molar-refractivity contribution in [1.82, 2.24) is 4.98 Å². The molecule has 0 N–H and O–H groups in total. The summed E-state index contributed by atoms with van der Waals surface area (Å²) < 4.78 is 0. The minimum atomic E-state index is 0.852. The quantitative estimate of drug-likeness (QED) is 0.717. The largest absolute Gasteiger partial charge is 0.256 e. The van der Waals surface area contributed by atoms with Gasteiger partial charge in [0.05, 0.1) is 5.69 Å². The molecular formula is C17H23N. The number of benzene rings is 1. The number of rotatable bonds is 2. The fourth-order valence-corrected chi connectivity index (χ4v) is 1.14. The first-order valence-corrected chi connectivity index (χ1v) is 6.57. The van der Waals surface area contributed by atoms with Gasteiger partial charge in [0.1, 0.15) is 0 Å². The van der Waals surface area contributed by atoms with Crippen molar-refractivity contribution >= 4 is 0 Å². The molecule has 1 heteroatoms. The molecule has 0 unspecified atom stereocenters. The van der Waals surface area contributed by atoms with Gasteiger partial charge in [-0.2, -0.15) is 0 Å². The van der Waals surface area contributed by atoms with Crippen LogP contribution in [0.3, 0.4) is 0 Å². The van der Waals surface area contributed by atoms with Gasteiger partial charge < -0.3 is 0 Å². The van der Waals surface area contributed by atoms with Gasteiger partial charge in [-0.25, -0.2) is 0 Å². The SMILES string of the molecule is CC(C)C(C)C.c1ccc(-c2ccccn2)cc1. The summed E-state index contributed by atoms with van der Waals surface area (Å²) in [6.07, 6.45) is 1.81. The Kier molecular flexibility index (Phi) is 6.13.